The van der Waals surface area contributed by atoms with E-state index in [0.29, 0.717) is 13.1 Å². The Balaban J connectivity index is 2.40. The fraction of sp³-hybridized carbons (Fsp3) is 0.500. The third-order valence-corrected chi connectivity index (χ3v) is 1.19. The van der Waals surface area contributed by atoms with Gasteiger partial charge in [0.15, 0.2) is 5.11 Å². The standard InChI is InChI=1S/C4H8N4OS/c5-3(10)7-8-2-1-6-4(8)9/h1-2H2,(H,6,9)(H3,5,7,10). The predicted octanol–water partition coefficient (Wildman–Crippen LogP) is -1.24. The summed E-state index contributed by atoms with van der Waals surface area (Å²) in [5, 5.41) is 4.03. The third kappa shape index (κ3) is 1.47. The second kappa shape index (κ2) is 2.70. The maximum atomic E-state index is 10.7. The van der Waals surface area contributed by atoms with Gasteiger partial charge in [-0.1, -0.05) is 0 Å². The molecule has 1 fully saturated rings. The molecule has 56 valence electrons. The van der Waals surface area contributed by atoms with E-state index in [2.05, 4.69) is 23.0 Å². The van der Waals surface area contributed by atoms with Crippen molar-refractivity contribution in [2.45, 2.75) is 0 Å². The number of nitrogens with one attached hydrogen (secondary N) is 2. The van der Waals surface area contributed by atoms with Gasteiger partial charge in [0.1, 0.15) is 0 Å². The van der Waals surface area contributed by atoms with E-state index in [1.54, 1.807) is 0 Å². The number of nitrogens with two attached hydrogens (primary N) is 1. The van der Waals surface area contributed by atoms with Crippen LogP contribution in [0.4, 0.5) is 4.79 Å². The van der Waals surface area contributed by atoms with Gasteiger partial charge in [0.05, 0.1) is 6.54 Å². The summed E-state index contributed by atoms with van der Waals surface area (Å²) in [4.78, 5) is 10.7. The van der Waals surface area contributed by atoms with E-state index in [1.165, 1.54) is 5.01 Å². The predicted molar refractivity (Wildman–Crippen MR) is 40.0 cm³/mol. The normalized spacial score (nSPS) is 16.8. The molecule has 0 unspecified atom stereocenters. The number of amides is 2. The molecule has 0 aromatic rings. The average Bonchev–Trinajstić information content (AvgIpc) is 2.15. The minimum absolute atomic E-state index is 0.108. The molecule has 1 saturated heterocycles. The molecule has 0 spiro atoms. The van der Waals surface area contributed by atoms with E-state index in [4.69, 9.17) is 5.73 Å². The number of nitrogens with zero attached hydrogens (tertiary/aromatic N) is 1. The van der Waals surface area contributed by atoms with Crippen LogP contribution in [-0.2, 0) is 0 Å². The number of hydrogen-bond acceptors (Lipinski definition) is 2. The summed E-state index contributed by atoms with van der Waals surface area (Å²) in [6, 6.07) is -0.187. The van der Waals surface area contributed by atoms with Crippen molar-refractivity contribution in [3.8, 4) is 0 Å². The molecule has 4 N–H and O–H groups in total. The summed E-state index contributed by atoms with van der Waals surface area (Å²) >= 11 is 4.53. The van der Waals surface area contributed by atoms with Gasteiger partial charge >= 0.3 is 6.03 Å². The molecule has 0 saturated carbocycles. The zero-order valence-corrected chi connectivity index (χ0v) is 6.07. The quantitative estimate of drug-likeness (QED) is 0.420. The largest absolute Gasteiger partial charge is 0.375 e. The van der Waals surface area contributed by atoms with Crippen molar-refractivity contribution < 1.29 is 4.79 Å². The molecule has 1 rings (SSSR count). The number of carbonyl (C=O) groups is 1. The zero-order valence-electron chi connectivity index (χ0n) is 5.26. The molecule has 0 atom stereocenters. The fourth-order valence-corrected chi connectivity index (χ4v) is 0.821. The molecular weight excluding hydrogens is 152 g/mol. The highest BCUT2D eigenvalue weighted by Crippen LogP contribution is 1.89. The van der Waals surface area contributed by atoms with Crippen LogP contribution in [0.3, 0.4) is 0 Å². The van der Waals surface area contributed by atoms with Gasteiger partial charge in [-0.15, -0.1) is 0 Å². The molecule has 0 radical (unpaired) electrons. The highest BCUT2D eigenvalue weighted by Gasteiger charge is 2.18. The molecule has 0 bridgehead atoms. The Hall–Kier alpha value is -1.04. The minimum atomic E-state index is -0.187. The molecule has 0 aromatic heterocycles. The monoisotopic (exact) mass is 160 g/mol. The first-order chi connectivity index (χ1) is 4.70. The Morgan fingerprint density at radius 3 is 3.00 bits per heavy atom. The molecule has 0 aromatic carbocycles. The van der Waals surface area contributed by atoms with Gasteiger partial charge < -0.3 is 11.1 Å². The van der Waals surface area contributed by atoms with E-state index in [0.717, 1.165) is 0 Å². The maximum Gasteiger partial charge on any atom is 0.336 e. The Bertz CT molecular complexity index is 171. The first-order valence-corrected chi connectivity index (χ1v) is 3.22. The number of hydrazine groups is 1. The zero-order chi connectivity index (χ0) is 7.56. The minimum Gasteiger partial charge on any atom is -0.375 e. The molecule has 10 heavy (non-hydrogen) atoms. The topological polar surface area (TPSA) is 70.4 Å². The van der Waals surface area contributed by atoms with Crippen LogP contribution in [0.25, 0.3) is 0 Å². The molecule has 1 aliphatic rings. The second-order valence-electron chi connectivity index (χ2n) is 1.86. The first kappa shape index (κ1) is 7.07. The van der Waals surface area contributed by atoms with Gasteiger partial charge in [0.2, 0.25) is 0 Å². The van der Waals surface area contributed by atoms with E-state index in [9.17, 15) is 4.79 Å². The first-order valence-electron chi connectivity index (χ1n) is 2.81. The van der Waals surface area contributed by atoms with E-state index >= 15 is 0 Å². The lowest BCUT2D eigenvalue weighted by Crippen LogP contribution is -2.46. The highest BCUT2D eigenvalue weighted by atomic mass is 32.1. The molecule has 0 aliphatic carbocycles. The lowest BCUT2D eigenvalue weighted by atomic mass is 10.7. The molecule has 2 amide bonds. The number of thiocarbonyl (C=S) groups is 1. The van der Waals surface area contributed by atoms with E-state index in [1.807, 2.05) is 0 Å². The Morgan fingerprint density at radius 1 is 1.90 bits per heavy atom. The van der Waals surface area contributed by atoms with Gasteiger partial charge in [-0.25, -0.2) is 9.80 Å². The number of hydrogen-bond donors (Lipinski definition) is 3. The summed E-state index contributed by atoms with van der Waals surface area (Å²) in [6.07, 6.45) is 0. The number of carbonyl (C=O) groups excluding carboxylic acids is 1. The van der Waals surface area contributed by atoms with Crippen LogP contribution in [0.2, 0.25) is 0 Å². The van der Waals surface area contributed by atoms with Gasteiger partial charge in [-0.3, -0.25) is 5.43 Å². The summed E-state index contributed by atoms with van der Waals surface area (Å²) in [5.74, 6) is 0. The van der Waals surface area contributed by atoms with Crippen LogP contribution in [0.15, 0.2) is 0 Å². The maximum absolute atomic E-state index is 10.7. The summed E-state index contributed by atoms with van der Waals surface area (Å²) in [6.45, 7) is 1.23. The molecule has 1 aliphatic heterocycles. The number of rotatable bonds is 1. The van der Waals surface area contributed by atoms with Crippen LogP contribution in [-0.4, -0.2) is 29.2 Å². The Kier molecular flexibility index (Phi) is 1.91. The van der Waals surface area contributed by atoms with Crippen LogP contribution in [0.1, 0.15) is 0 Å². The van der Waals surface area contributed by atoms with Crippen molar-refractivity contribution in [3.05, 3.63) is 0 Å². The van der Waals surface area contributed by atoms with Crippen LogP contribution in [0, 0.1) is 0 Å². The highest BCUT2D eigenvalue weighted by molar-refractivity contribution is 7.80. The van der Waals surface area contributed by atoms with Crippen LogP contribution < -0.4 is 16.5 Å². The fourth-order valence-electron chi connectivity index (χ4n) is 0.711. The number of urea groups is 1. The van der Waals surface area contributed by atoms with Gasteiger partial charge in [0, 0.05) is 6.54 Å². The lowest BCUT2D eigenvalue weighted by Gasteiger charge is -2.14. The Labute approximate surface area is 63.5 Å². The van der Waals surface area contributed by atoms with E-state index < -0.39 is 0 Å². The molecule has 1 heterocycles. The third-order valence-electron chi connectivity index (χ3n) is 1.10. The van der Waals surface area contributed by atoms with Crippen molar-refractivity contribution >= 4 is 23.4 Å². The van der Waals surface area contributed by atoms with Crippen molar-refractivity contribution in [3.63, 3.8) is 0 Å². The van der Waals surface area contributed by atoms with Crippen LogP contribution in [0.5, 0.6) is 0 Å². The van der Waals surface area contributed by atoms with Crippen molar-refractivity contribution in [1.29, 1.82) is 0 Å². The average molecular weight is 160 g/mol. The molecule has 6 heteroatoms. The van der Waals surface area contributed by atoms with Gasteiger partial charge in [-0.2, -0.15) is 0 Å². The summed E-state index contributed by atoms with van der Waals surface area (Å²) in [7, 11) is 0. The van der Waals surface area contributed by atoms with Gasteiger partial charge in [-0.05, 0) is 12.2 Å². The Morgan fingerprint density at radius 2 is 2.60 bits per heavy atom. The van der Waals surface area contributed by atoms with Crippen LogP contribution >= 0.6 is 12.2 Å². The summed E-state index contributed by atoms with van der Waals surface area (Å²) in [5.41, 5.74) is 7.66. The van der Waals surface area contributed by atoms with Crippen molar-refractivity contribution in [1.82, 2.24) is 15.8 Å². The summed E-state index contributed by atoms with van der Waals surface area (Å²) < 4.78 is 0. The van der Waals surface area contributed by atoms with Crippen molar-refractivity contribution in [2.75, 3.05) is 13.1 Å². The lowest BCUT2D eigenvalue weighted by molar-refractivity contribution is 0.209. The SMILES string of the molecule is NC(=S)NN1CCNC1=O. The van der Waals surface area contributed by atoms with E-state index in [-0.39, 0.29) is 11.1 Å². The molecule has 5 nitrogen and oxygen atoms in total. The van der Waals surface area contributed by atoms with Gasteiger partial charge in [0.25, 0.3) is 0 Å². The second-order valence-corrected chi connectivity index (χ2v) is 2.30. The smallest absolute Gasteiger partial charge is 0.336 e. The molecular formula is C4H8N4OS. The van der Waals surface area contributed by atoms with Crippen molar-refractivity contribution in [2.24, 2.45) is 5.73 Å².